The van der Waals surface area contributed by atoms with Gasteiger partial charge in [0.05, 0.1) is 11.3 Å². The van der Waals surface area contributed by atoms with E-state index >= 15 is 0 Å². The number of nitrogens with zero attached hydrogens (tertiary/aromatic N) is 2. The number of carbonyl (C=O) groups is 1. The molecule has 0 saturated carbocycles. The normalized spacial score (nSPS) is 10.6. The van der Waals surface area contributed by atoms with Crippen LogP contribution in [0.15, 0.2) is 32.0 Å². The van der Waals surface area contributed by atoms with Crippen LogP contribution < -0.4 is 0 Å². The number of aryl methyl sites for hydroxylation is 1. The maximum atomic E-state index is 11.1. The van der Waals surface area contributed by atoms with Gasteiger partial charge in [0, 0.05) is 15.8 Å². The third-order valence-corrected chi connectivity index (χ3v) is 3.87. The third kappa shape index (κ3) is 3.57. The maximum absolute atomic E-state index is 11.1. The van der Waals surface area contributed by atoms with E-state index in [1.807, 2.05) is 6.92 Å². The van der Waals surface area contributed by atoms with E-state index in [0.717, 1.165) is 4.47 Å². The summed E-state index contributed by atoms with van der Waals surface area (Å²) in [6.07, 6.45) is 0.689. The van der Waals surface area contributed by atoms with Gasteiger partial charge in [0.15, 0.2) is 0 Å². The fourth-order valence-electron chi connectivity index (χ4n) is 1.42. The molecule has 7 heteroatoms. The molecule has 1 heterocycles. The van der Waals surface area contributed by atoms with Crippen LogP contribution in [-0.4, -0.2) is 21.3 Å². The molecule has 0 aliphatic heterocycles. The van der Waals surface area contributed by atoms with Crippen molar-refractivity contribution in [3.63, 3.8) is 0 Å². The lowest BCUT2D eigenvalue weighted by molar-refractivity contribution is 0.0693. The van der Waals surface area contributed by atoms with Crippen molar-refractivity contribution in [1.29, 1.82) is 0 Å². The molecule has 1 aromatic carbocycles. The minimum absolute atomic E-state index is 0.267. The van der Waals surface area contributed by atoms with E-state index in [-0.39, 0.29) is 5.56 Å². The van der Waals surface area contributed by atoms with E-state index in [9.17, 15) is 4.79 Å². The van der Waals surface area contributed by atoms with E-state index in [1.165, 1.54) is 11.8 Å². The van der Waals surface area contributed by atoms with Crippen molar-refractivity contribution in [2.75, 3.05) is 0 Å². The number of carboxylic acids is 1. The topological polar surface area (TPSA) is 76.2 Å². The molecule has 0 radical (unpaired) electrons. The van der Waals surface area contributed by atoms with Gasteiger partial charge >= 0.3 is 5.97 Å². The van der Waals surface area contributed by atoms with Crippen LogP contribution >= 0.6 is 27.7 Å². The molecule has 1 aromatic heterocycles. The van der Waals surface area contributed by atoms with E-state index in [2.05, 4.69) is 26.1 Å². The van der Waals surface area contributed by atoms with Crippen LogP contribution in [0.3, 0.4) is 0 Å². The van der Waals surface area contributed by atoms with E-state index in [0.29, 0.717) is 28.9 Å². The number of hydrogen-bond acceptors (Lipinski definition) is 5. The van der Waals surface area contributed by atoms with Gasteiger partial charge in [-0.1, -0.05) is 22.9 Å². The van der Waals surface area contributed by atoms with Crippen LogP contribution in [0.5, 0.6) is 0 Å². The smallest absolute Gasteiger partial charge is 0.336 e. The minimum atomic E-state index is -0.949. The highest BCUT2D eigenvalue weighted by Crippen LogP contribution is 2.29. The highest BCUT2D eigenvalue weighted by molar-refractivity contribution is 9.10. The number of benzene rings is 1. The summed E-state index contributed by atoms with van der Waals surface area (Å²) in [4.78, 5) is 11.8. The standard InChI is InChI=1S/C12H11BrN2O3S/c1-2-10-14-15-11(18-10)6-19-9-5-7(13)3-4-8(9)12(16)17/h3-5H,2,6H2,1H3,(H,16,17). The van der Waals surface area contributed by atoms with Gasteiger partial charge in [-0.2, -0.15) is 0 Å². The molecule has 0 aliphatic rings. The zero-order valence-electron chi connectivity index (χ0n) is 10.1. The molecule has 2 aromatic rings. The Hall–Kier alpha value is -1.34. The zero-order valence-corrected chi connectivity index (χ0v) is 12.5. The first-order valence-electron chi connectivity index (χ1n) is 5.57. The van der Waals surface area contributed by atoms with Gasteiger partial charge in [-0.05, 0) is 18.2 Å². The SMILES string of the molecule is CCc1nnc(CSc2cc(Br)ccc2C(=O)O)o1. The summed E-state index contributed by atoms with van der Waals surface area (Å²) in [5.41, 5.74) is 0.267. The summed E-state index contributed by atoms with van der Waals surface area (Å²) in [5, 5.41) is 16.9. The largest absolute Gasteiger partial charge is 0.478 e. The van der Waals surface area contributed by atoms with Crippen LogP contribution in [0.25, 0.3) is 0 Å². The molecule has 100 valence electrons. The van der Waals surface area contributed by atoms with Crippen molar-refractivity contribution in [3.05, 3.63) is 40.0 Å². The van der Waals surface area contributed by atoms with Gasteiger partial charge in [-0.15, -0.1) is 22.0 Å². The molecule has 0 saturated heterocycles. The van der Waals surface area contributed by atoms with E-state index in [1.54, 1.807) is 18.2 Å². The Balaban J connectivity index is 2.14. The lowest BCUT2D eigenvalue weighted by atomic mass is 10.2. The first kappa shape index (κ1) is 14.1. The summed E-state index contributed by atoms with van der Waals surface area (Å²) < 4.78 is 6.22. The van der Waals surface area contributed by atoms with Crippen LogP contribution in [-0.2, 0) is 12.2 Å². The van der Waals surface area contributed by atoms with Gasteiger partial charge in [0.25, 0.3) is 0 Å². The van der Waals surface area contributed by atoms with Crippen molar-refractivity contribution in [1.82, 2.24) is 10.2 Å². The maximum Gasteiger partial charge on any atom is 0.336 e. The second-order valence-corrected chi connectivity index (χ2v) is 5.61. The molecule has 0 unspecified atom stereocenters. The van der Waals surface area contributed by atoms with Crippen LogP contribution in [0.1, 0.15) is 29.1 Å². The lowest BCUT2D eigenvalue weighted by Gasteiger charge is -2.04. The minimum Gasteiger partial charge on any atom is -0.478 e. The van der Waals surface area contributed by atoms with Gasteiger partial charge in [0.2, 0.25) is 11.8 Å². The lowest BCUT2D eigenvalue weighted by Crippen LogP contribution is -1.98. The van der Waals surface area contributed by atoms with Crippen molar-refractivity contribution in [3.8, 4) is 0 Å². The molecule has 0 fully saturated rings. The number of aromatic nitrogens is 2. The quantitative estimate of drug-likeness (QED) is 0.839. The molecule has 0 bridgehead atoms. The highest BCUT2D eigenvalue weighted by atomic mass is 79.9. The van der Waals surface area contributed by atoms with E-state index < -0.39 is 5.97 Å². The first-order chi connectivity index (χ1) is 9.10. The predicted molar refractivity (Wildman–Crippen MR) is 74.3 cm³/mol. The average Bonchev–Trinajstić information content (AvgIpc) is 2.84. The molecular weight excluding hydrogens is 332 g/mol. The summed E-state index contributed by atoms with van der Waals surface area (Å²) in [6.45, 7) is 1.93. The summed E-state index contributed by atoms with van der Waals surface area (Å²) in [6, 6.07) is 5.04. The molecule has 0 spiro atoms. The molecule has 0 atom stereocenters. The number of hydrogen-bond donors (Lipinski definition) is 1. The Morgan fingerprint density at radius 2 is 2.16 bits per heavy atom. The Bertz CT molecular complexity index is 600. The van der Waals surface area contributed by atoms with Crippen LogP contribution in [0, 0.1) is 0 Å². The molecule has 5 nitrogen and oxygen atoms in total. The fourth-order valence-corrected chi connectivity index (χ4v) is 2.85. The number of rotatable bonds is 5. The van der Waals surface area contributed by atoms with Gasteiger partial charge in [-0.3, -0.25) is 0 Å². The Morgan fingerprint density at radius 3 is 2.79 bits per heavy atom. The second kappa shape index (κ2) is 6.21. The Morgan fingerprint density at radius 1 is 1.42 bits per heavy atom. The molecule has 0 amide bonds. The van der Waals surface area contributed by atoms with Crippen LogP contribution in [0.2, 0.25) is 0 Å². The van der Waals surface area contributed by atoms with Gasteiger partial charge in [0.1, 0.15) is 0 Å². The van der Waals surface area contributed by atoms with Crippen molar-refractivity contribution in [2.45, 2.75) is 24.0 Å². The van der Waals surface area contributed by atoms with Crippen molar-refractivity contribution >= 4 is 33.7 Å². The Kier molecular flexibility index (Phi) is 4.60. The predicted octanol–water partition coefficient (Wildman–Crippen LogP) is 3.39. The Labute approximate surface area is 122 Å². The van der Waals surface area contributed by atoms with E-state index in [4.69, 9.17) is 9.52 Å². The molecule has 19 heavy (non-hydrogen) atoms. The first-order valence-corrected chi connectivity index (χ1v) is 7.35. The molecule has 1 N–H and O–H groups in total. The monoisotopic (exact) mass is 342 g/mol. The molecule has 2 rings (SSSR count). The second-order valence-electron chi connectivity index (χ2n) is 3.68. The zero-order chi connectivity index (χ0) is 13.8. The number of aromatic carboxylic acids is 1. The molecular formula is C12H11BrN2O3S. The highest BCUT2D eigenvalue weighted by Gasteiger charge is 2.12. The third-order valence-electron chi connectivity index (χ3n) is 2.34. The van der Waals surface area contributed by atoms with Gasteiger partial charge < -0.3 is 9.52 Å². The number of carboxylic acid groups (broad SMARTS) is 1. The summed E-state index contributed by atoms with van der Waals surface area (Å²) >= 11 is 4.69. The van der Waals surface area contributed by atoms with Gasteiger partial charge in [-0.25, -0.2) is 4.79 Å². The number of thioether (sulfide) groups is 1. The van der Waals surface area contributed by atoms with Crippen LogP contribution in [0.4, 0.5) is 0 Å². The van der Waals surface area contributed by atoms with Crippen molar-refractivity contribution < 1.29 is 14.3 Å². The number of halogens is 1. The summed E-state index contributed by atoms with van der Waals surface area (Å²) in [7, 11) is 0. The van der Waals surface area contributed by atoms with Crippen molar-refractivity contribution in [2.24, 2.45) is 0 Å². The average molecular weight is 343 g/mol. The fraction of sp³-hybridized carbons (Fsp3) is 0.250. The molecule has 0 aliphatic carbocycles. The summed E-state index contributed by atoms with van der Waals surface area (Å²) in [5.74, 6) is 0.584.